The molecule has 13 heteroatoms. The van der Waals surface area contributed by atoms with Gasteiger partial charge in [0.25, 0.3) is 0 Å². The number of aliphatic carboxylic acids is 1. The fourth-order valence-corrected chi connectivity index (χ4v) is 5.14. The number of alkyl halides is 3. The van der Waals surface area contributed by atoms with Crippen LogP contribution in [0.15, 0.2) is 30.5 Å². The van der Waals surface area contributed by atoms with E-state index < -0.39 is 17.7 Å². The van der Waals surface area contributed by atoms with Crippen molar-refractivity contribution in [1.29, 1.82) is 0 Å². The Morgan fingerprint density at radius 2 is 1.88 bits per heavy atom. The highest BCUT2D eigenvalue weighted by molar-refractivity contribution is 7.18. The smallest absolute Gasteiger partial charge is 0.416 e. The van der Waals surface area contributed by atoms with Crippen LogP contribution in [0.4, 0.5) is 24.0 Å². The number of aromatic nitrogens is 5. The van der Waals surface area contributed by atoms with Crippen LogP contribution in [0, 0.1) is 11.8 Å². The van der Waals surface area contributed by atoms with Gasteiger partial charge in [0.05, 0.1) is 16.6 Å². The Kier molecular flexibility index (Phi) is 4.99. The number of benzene rings is 1. The minimum absolute atomic E-state index is 0.324. The molecule has 0 spiro atoms. The summed E-state index contributed by atoms with van der Waals surface area (Å²) in [7, 11) is 0. The average molecular weight is 465 g/mol. The summed E-state index contributed by atoms with van der Waals surface area (Å²) in [5, 5.41) is 21.3. The van der Waals surface area contributed by atoms with E-state index in [1.165, 1.54) is 23.5 Å². The number of nitrogens with zero attached hydrogens (tertiary/aromatic N) is 7. The van der Waals surface area contributed by atoms with E-state index in [2.05, 4.69) is 25.3 Å². The number of thiazole rings is 1. The molecule has 32 heavy (non-hydrogen) atoms. The maximum atomic E-state index is 13.0. The van der Waals surface area contributed by atoms with Crippen molar-refractivity contribution < 1.29 is 23.1 Å². The van der Waals surface area contributed by atoms with Crippen LogP contribution in [0.1, 0.15) is 5.56 Å². The number of anilines is 2. The van der Waals surface area contributed by atoms with Gasteiger partial charge in [-0.05, 0) is 23.4 Å². The molecule has 168 valence electrons. The zero-order valence-corrected chi connectivity index (χ0v) is 17.4. The normalized spacial score (nSPS) is 20.7. The van der Waals surface area contributed by atoms with E-state index in [1.54, 1.807) is 12.3 Å². The van der Waals surface area contributed by atoms with Crippen LogP contribution < -0.4 is 9.80 Å². The number of carboxylic acids is 1. The van der Waals surface area contributed by atoms with Gasteiger partial charge in [0, 0.05) is 43.7 Å². The number of rotatable bonds is 5. The van der Waals surface area contributed by atoms with E-state index >= 15 is 0 Å². The standard InChI is InChI=1S/C19H18F3N7O2S/c20-19(21,22)13-2-1-3-14(4-13)27-6-11-8-28(9-12(11)7-27)18-23-5-15(32-18)17-24-26-29(25-17)10-16(30)31/h1-5,11-12H,6-10H2,(H,30,31). The third kappa shape index (κ3) is 3.99. The molecule has 2 unspecified atom stereocenters. The highest BCUT2D eigenvalue weighted by atomic mass is 32.1. The maximum absolute atomic E-state index is 13.0. The number of carbonyl (C=O) groups is 1. The SMILES string of the molecule is O=C(O)Cn1nnc(-c2cnc(N3CC4CN(c5cccc(C(F)(F)F)c5)CC4C3)s2)n1. The molecular formula is C19H18F3N7O2S. The molecule has 1 aromatic carbocycles. The topological polar surface area (TPSA) is 100 Å². The van der Waals surface area contributed by atoms with Gasteiger partial charge in [0.1, 0.15) is 0 Å². The molecule has 4 heterocycles. The Morgan fingerprint density at radius 1 is 1.16 bits per heavy atom. The summed E-state index contributed by atoms with van der Waals surface area (Å²) in [5.74, 6) is -0.0511. The lowest BCUT2D eigenvalue weighted by molar-refractivity contribution is -0.138. The summed E-state index contributed by atoms with van der Waals surface area (Å²) in [6.07, 6.45) is -2.70. The largest absolute Gasteiger partial charge is 0.480 e. The lowest BCUT2D eigenvalue weighted by Gasteiger charge is -2.23. The second-order valence-electron chi connectivity index (χ2n) is 7.92. The Balaban J connectivity index is 1.24. The number of tetrazole rings is 1. The van der Waals surface area contributed by atoms with Crippen LogP contribution in [0.3, 0.4) is 0 Å². The van der Waals surface area contributed by atoms with Crippen LogP contribution in [-0.4, -0.2) is 62.4 Å². The first-order valence-corrected chi connectivity index (χ1v) is 10.7. The molecule has 9 nitrogen and oxygen atoms in total. The van der Waals surface area contributed by atoms with Gasteiger partial charge in [-0.15, -0.1) is 10.2 Å². The van der Waals surface area contributed by atoms with Crippen molar-refractivity contribution in [2.45, 2.75) is 12.7 Å². The lowest BCUT2D eigenvalue weighted by Crippen LogP contribution is -2.28. The highest BCUT2D eigenvalue weighted by Gasteiger charge is 2.41. The number of halogens is 3. The van der Waals surface area contributed by atoms with Crippen LogP contribution >= 0.6 is 11.3 Å². The zero-order chi connectivity index (χ0) is 22.5. The Bertz CT molecular complexity index is 1130. The van der Waals surface area contributed by atoms with Gasteiger partial charge in [0.15, 0.2) is 11.7 Å². The number of hydrogen-bond donors (Lipinski definition) is 1. The van der Waals surface area contributed by atoms with Gasteiger partial charge in [-0.25, -0.2) is 4.98 Å². The van der Waals surface area contributed by atoms with Crippen LogP contribution in [0.2, 0.25) is 0 Å². The molecule has 2 aromatic heterocycles. The summed E-state index contributed by atoms with van der Waals surface area (Å²) in [6.45, 7) is 2.58. The second kappa shape index (κ2) is 7.73. The van der Waals surface area contributed by atoms with E-state index in [0.29, 0.717) is 41.3 Å². The molecule has 0 bridgehead atoms. The van der Waals surface area contributed by atoms with Crippen LogP contribution in [-0.2, 0) is 17.5 Å². The van der Waals surface area contributed by atoms with Crippen molar-refractivity contribution in [2.75, 3.05) is 36.0 Å². The fraction of sp³-hybridized carbons (Fsp3) is 0.421. The van der Waals surface area contributed by atoms with Gasteiger partial charge >= 0.3 is 12.1 Å². The molecular weight excluding hydrogens is 447 g/mol. The third-order valence-corrected chi connectivity index (χ3v) is 6.79. The predicted molar refractivity (Wildman–Crippen MR) is 109 cm³/mol. The average Bonchev–Trinajstić information content (AvgIpc) is 3.49. The molecule has 0 radical (unpaired) electrons. The molecule has 2 atom stereocenters. The van der Waals surface area contributed by atoms with Gasteiger partial charge in [-0.2, -0.15) is 18.0 Å². The van der Waals surface area contributed by atoms with E-state index in [4.69, 9.17) is 5.11 Å². The summed E-state index contributed by atoms with van der Waals surface area (Å²) in [6, 6.07) is 5.50. The van der Waals surface area contributed by atoms with Gasteiger partial charge < -0.3 is 14.9 Å². The Labute approximate surface area is 184 Å². The molecule has 2 fully saturated rings. The summed E-state index contributed by atoms with van der Waals surface area (Å²) in [4.78, 5) is 21.1. The summed E-state index contributed by atoms with van der Waals surface area (Å²) < 4.78 is 39.1. The zero-order valence-electron chi connectivity index (χ0n) is 16.6. The molecule has 2 aliphatic rings. The second-order valence-corrected chi connectivity index (χ2v) is 8.93. The predicted octanol–water partition coefficient (Wildman–Crippen LogP) is 2.47. The fourth-order valence-electron chi connectivity index (χ4n) is 4.28. The van der Waals surface area contributed by atoms with E-state index in [-0.39, 0.29) is 6.54 Å². The van der Waals surface area contributed by atoms with Crippen molar-refractivity contribution >= 4 is 28.1 Å². The van der Waals surface area contributed by atoms with Crippen molar-refractivity contribution in [2.24, 2.45) is 11.8 Å². The van der Waals surface area contributed by atoms with Crippen molar-refractivity contribution in [3.8, 4) is 10.7 Å². The molecule has 2 saturated heterocycles. The Morgan fingerprint density at radius 3 is 2.56 bits per heavy atom. The number of fused-ring (bicyclic) bond motifs is 1. The molecule has 2 aliphatic heterocycles. The monoisotopic (exact) mass is 465 g/mol. The highest BCUT2D eigenvalue weighted by Crippen LogP contribution is 2.39. The lowest BCUT2D eigenvalue weighted by atomic mass is 10.0. The van der Waals surface area contributed by atoms with Crippen molar-refractivity contribution in [3.05, 3.63) is 36.0 Å². The molecule has 5 rings (SSSR count). The minimum atomic E-state index is -4.35. The maximum Gasteiger partial charge on any atom is 0.416 e. The molecule has 0 aliphatic carbocycles. The first kappa shape index (κ1) is 20.7. The van der Waals surface area contributed by atoms with E-state index in [0.717, 1.165) is 29.1 Å². The van der Waals surface area contributed by atoms with Gasteiger partial charge in [0.2, 0.25) is 5.82 Å². The first-order chi connectivity index (χ1) is 15.3. The first-order valence-electron chi connectivity index (χ1n) is 9.89. The van der Waals surface area contributed by atoms with E-state index in [9.17, 15) is 18.0 Å². The molecule has 3 aromatic rings. The molecule has 0 saturated carbocycles. The number of hydrogen-bond acceptors (Lipinski definition) is 8. The van der Waals surface area contributed by atoms with E-state index in [1.807, 2.05) is 4.90 Å². The van der Waals surface area contributed by atoms with Gasteiger partial charge in [-0.3, -0.25) is 4.79 Å². The van der Waals surface area contributed by atoms with Crippen molar-refractivity contribution in [3.63, 3.8) is 0 Å². The summed E-state index contributed by atoms with van der Waals surface area (Å²) in [5.41, 5.74) is -0.0225. The minimum Gasteiger partial charge on any atom is -0.480 e. The third-order valence-electron chi connectivity index (χ3n) is 5.74. The van der Waals surface area contributed by atoms with Crippen LogP contribution in [0.5, 0.6) is 0 Å². The number of carboxylic acid groups (broad SMARTS) is 1. The molecule has 1 N–H and O–H groups in total. The summed E-state index contributed by atoms with van der Waals surface area (Å²) >= 11 is 1.41. The Hall–Kier alpha value is -3.22. The van der Waals surface area contributed by atoms with Crippen molar-refractivity contribution in [1.82, 2.24) is 25.2 Å². The van der Waals surface area contributed by atoms with Gasteiger partial charge in [-0.1, -0.05) is 17.4 Å². The molecule has 0 amide bonds. The quantitative estimate of drug-likeness (QED) is 0.614. The van der Waals surface area contributed by atoms with Crippen LogP contribution in [0.25, 0.3) is 10.7 Å².